The highest BCUT2D eigenvalue weighted by Gasteiger charge is 2.27. The van der Waals surface area contributed by atoms with E-state index in [2.05, 4.69) is 28.7 Å². The molecule has 1 aromatic carbocycles. The van der Waals surface area contributed by atoms with Crippen molar-refractivity contribution in [1.82, 2.24) is 14.9 Å². The first-order chi connectivity index (χ1) is 13.6. The number of unbranched alkanes of at least 4 members (excludes halogenated alkanes) is 1. The van der Waals surface area contributed by atoms with Crippen molar-refractivity contribution in [2.75, 3.05) is 31.6 Å². The number of rotatable bonds is 7. The SMILES string of the molecule is CCCCC(=O)N1CCN(c2cc(Oc3cccc(OC)c3)ncn2)CC1C. The number of piperazine rings is 1. The van der Waals surface area contributed by atoms with E-state index in [1.165, 1.54) is 6.33 Å². The van der Waals surface area contributed by atoms with Gasteiger partial charge in [-0.05, 0) is 25.5 Å². The van der Waals surface area contributed by atoms with E-state index in [1.54, 1.807) is 7.11 Å². The van der Waals surface area contributed by atoms with E-state index >= 15 is 0 Å². The van der Waals surface area contributed by atoms with Gasteiger partial charge in [0.2, 0.25) is 11.8 Å². The third-order valence-corrected chi connectivity index (χ3v) is 4.91. The minimum atomic E-state index is 0.149. The van der Waals surface area contributed by atoms with Gasteiger partial charge < -0.3 is 19.3 Å². The molecule has 0 radical (unpaired) electrons. The molecule has 1 fully saturated rings. The second kappa shape index (κ2) is 9.39. The first-order valence-corrected chi connectivity index (χ1v) is 9.79. The summed E-state index contributed by atoms with van der Waals surface area (Å²) in [6.45, 7) is 6.39. The van der Waals surface area contributed by atoms with Crippen molar-refractivity contribution < 1.29 is 14.3 Å². The highest BCUT2D eigenvalue weighted by molar-refractivity contribution is 5.76. The summed E-state index contributed by atoms with van der Waals surface area (Å²) < 4.78 is 11.1. The van der Waals surface area contributed by atoms with E-state index in [9.17, 15) is 4.79 Å². The van der Waals surface area contributed by atoms with Gasteiger partial charge in [0.05, 0.1) is 7.11 Å². The molecular weight excluding hydrogens is 356 g/mol. The number of anilines is 1. The van der Waals surface area contributed by atoms with Gasteiger partial charge in [-0.1, -0.05) is 19.4 Å². The number of carbonyl (C=O) groups excluding carboxylic acids is 1. The van der Waals surface area contributed by atoms with Crippen LogP contribution in [0.2, 0.25) is 0 Å². The van der Waals surface area contributed by atoms with Crippen molar-refractivity contribution in [3.63, 3.8) is 0 Å². The van der Waals surface area contributed by atoms with Crippen molar-refractivity contribution >= 4 is 11.7 Å². The maximum Gasteiger partial charge on any atom is 0.224 e. The van der Waals surface area contributed by atoms with Gasteiger partial charge in [-0.25, -0.2) is 9.97 Å². The lowest BCUT2D eigenvalue weighted by Gasteiger charge is -2.40. The summed E-state index contributed by atoms with van der Waals surface area (Å²) in [5.74, 6) is 2.92. The van der Waals surface area contributed by atoms with Crippen molar-refractivity contribution in [3.8, 4) is 17.4 Å². The first-order valence-electron chi connectivity index (χ1n) is 9.79. The quantitative estimate of drug-likeness (QED) is 0.728. The Morgan fingerprint density at radius 3 is 2.79 bits per heavy atom. The van der Waals surface area contributed by atoms with E-state index in [-0.39, 0.29) is 11.9 Å². The highest BCUT2D eigenvalue weighted by atomic mass is 16.5. The molecule has 0 N–H and O–H groups in total. The molecule has 0 aliphatic carbocycles. The number of carbonyl (C=O) groups is 1. The van der Waals surface area contributed by atoms with Gasteiger partial charge >= 0.3 is 0 Å². The lowest BCUT2D eigenvalue weighted by molar-refractivity contribution is -0.133. The zero-order chi connectivity index (χ0) is 19.9. The Hall–Kier alpha value is -2.83. The molecule has 0 spiro atoms. The number of amides is 1. The molecule has 7 nitrogen and oxygen atoms in total. The van der Waals surface area contributed by atoms with Crippen LogP contribution in [0, 0.1) is 0 Å². The molecule has 1 aromatic heterocycles. The number of aromatic nitrogens is 2. The average molecular weight is 384 g/mol. The predicted octanol–water partition coefficient (Wildman–Crippen LogP) is 3.50. The summed E-state index contributed by atoms with van der Waals surface area (Å²) >= 11 is 0. The molecule has 7 heteroatoms. The third kappa shape index (κ3) is 4.91. The monoisotopic (exact) mass is 384 g/mol. The van der Waals surface area contributed by atoms with E-state index in [0.717, 1.165) is 37.5 Å². The molecule has 1 unspecified atom stereocenters. The Labute approximate surface area is 166 Å². The van der Waals surface area contributed by atoms with Crippen molar-refractivity contribution in [2.24, 2.45) is 0 Å². The molecule has 2 heterocycles. The van der Waals surface area contributed by atoms with E-state index < -0.39 is 0 Å². The molecular formula is C21H28N4O3. The van der Waals surface area contributed by atoms with Crippen LogP contribution in [0.15, 0.2) is 36.7 Å². The number of hydrogen-bond donors (Lipinski definition) is 0. The van der Waals surface area contributed by atoms with Crippen LogP contribution in [0.1, 0.15) is 33.1 Å². The van der Waals surface area contributed by atoms with Crippen LogP contribution in [0.3, 0.4) is 0 Å². The van der Waals surface area contributed by atoms with Gasteiger partial charge in [-0.3, -0.25) is 4.79 Å². The van der Waals surface area contributed by atoms with E-state index in [0.29, 0.717) is 24.6 Å². The van der Waals surface area contributed by atoms with E-state index in [4.69, 9.17) is 9.47 Å². The smallest absolute Gasteiger partial charge is 0.224 e. The van der Waals surface area contributed by atoms with Gasteiger partial charge in [0.25, 0.3) is 0 Å². The second-order valence-corrected chi connectivity index (χ2v) is 6.98. The summed E-state index contributed by atoms with van der Waals surface area (Å²) in [4.78, 5) is 25.1. The largest absolute Gasteiger partial charge is 0.497 e. The summed E-state index contributed by atoms with van der Waals surface area (Å²) in [5.41, 5.74) is 0. The summed E-state index contributed by atoms with van der Waals surface area (Å²) in [6.07, 6.45) is 4.13. The maximum absolute atomic E-state index is 12.4. The van der Waals surface area contributed by atoms with Crippen LogP contribution in [-0.4, -0.2) is 53.6 Å². The summed E-state index contributed by atoms with van der Waals surface area (Å²) in [7, 11) is 1.62. The van der Waals surface area contributed by atoms with Gasteiger partial charge in [0.15, 0.2) is 0 Å². The number of methoxy groups -OCH3 is 1. The number of hydrogen-bond acceptors (Lipinski definition) is 6. The van der Waals surface area contributed by atoms with Crippen molar-refractivity contribution in [1.29, 1.82) is 0 Å². The second-order valence-electron chi connectivity index (χ2n) is 6.98. The average Bonchev–Trinajstić information content (AvgIpc) is 2.72. The van der Waals surface area contributed by atoms with Crippen LogP contribution in [0.5, 0.6) is 17.4 Å². The lowest BCUT2D eigenvalue weighted by Crippen LogP contribution is -2.54. The Bertz CT molecular complexity index is 799. The molecule has 0 bridgehead atoms. The van der Waals surface area contributed by atoms with E-state index in [1.807, 2.05) is 35.2 Å². The molecule has 3 rings (SSSR count). The first kappa shape index (κ1) is 19.9. The molecule has 1 atom stereocenters. The van der Waals surface area contributed by atoms with Crippen LogP contribution in [0.4, 0.5) is 5.82 Å². The number of nitrogens with zero attached hydrogens (tertiary/aromatic N) is 4. The molecule has 1 aliphatic rings. The molecule has 1 aliphatic heterocycles. The van der Waals surface area contributed by atoms with Gasteiger partial charge in [0.1, 0.15) is 23.6 Å². The normalized spacial score (nSPS) is 16.8. The minimum Gasteiger partial charge on any atom is -0.497 e. The highest BCUT2D eigenvalue weighted by Crippen LogP contribution is 2.26. The predicted molar refractivity (Wildman–Crippen MR) is 108 cm³/mol. The van der Waals surface area contributed by atoms with Crippen molar-refractivity contribution in [3.05, 3.63) is 36.7 Å². The molecule has 0 saturated carbocycles. The third-order valence-electron chi connectivity index (χ3n) is 4.91. The molecule has 28 heavy (non-hydrogen) atoms. The molecule has 150 valence electrons. The number of ether oxygens (including phenoxy) is 2. The van der Waals surface area contributed by atoms with Gasteiger partial charge in [-0.2, -0.15) is 0 Å². The summed E-state index contributed by atoms with van der Waals surface area (Å²) in [6, 6.07) is 9.38. The fourth-order valence-corrected chi connectivity index (χ4v) is 3.35. The van der Waals surface area contributed by atoms with Gasteiger partial charge in [0, 0.05) is 44.2 Å². The maximum atomic E-state index is 12.4. The number of benzene rings is 1. The molecule has 1 amide bonds. The fraction of sp³-hybridized carbons (Fsp3) is 0.476. The van der Waals surface area contributed by atoms with Crippen LogP contribution < -0.4 is 14.4 Å². The Morgan fingerprint density at radius 2 is 2.04 bits per heavy atom. The van der Waals surface area contributed by atoms with Crippen molar-refractivity contribution in [2.45, 2.75) is 39.2 Å². The Kier molecular flexibility index (Phi) is 6.68. The van der Waals surface area contributed by atoms with Crippen LogP contribution in [0.25, 0.3) is 0 Å². The zero-order valence-electron chi connectivity index (χ0n) is 16.8. The summed E-state index contributed by atoms with van der Waals surface area (Å²) in [5, 5.41) is 0. The van der Waals surface area contributed by atoms with Crippen LogP contribution in [-0.2, 0) is 4.79 Å². The Balaban J connectivity index is 1.65. The van der Waals surface area contributed by atoms with Crippen LogP contribution >= 0.6 is 0 Å². The van der Waals surface area contributed by atoms with Gasteiger partial charge in [-0.15, -0.1) is 0 Å². The molecule has 2 aromatic rings. The minimum absolute atomic E-state index is 0.149. The zero-order valence-corrected chi connectivity index (χ0v) is 16.8. The topological polar surface area (TPSA) is 67.8 Å². The molecule has 1 saturated heterocycles. The lowest BCUT2D eigenvalue weighted by atomic mass is 10.1. The standard InChI is InChI=1S/C21H28N4O3/c1-4-5-9-21(26)25-11-10-24(14-16(25)2)19-13-20(23-15-22-19)28-18-8-6-7-17(12-18)27-3/h6-8,12-13,15-16H,4-5,9-11,14H2,1-3H3. The Morgan fingerprint density at radius 1 is 1.21 bits per heavy atom. The fourth-order valence-electron chi connectivity index (χ4n) is 3.35.